The number of hydrogen-bond donors (Lipinski definition) is 1. The highest BCUT2D eigenvalue weighted by Gasteiger charge is 2.26. The quantitative estimate of drug-likeness (QED) is 0.751. The zero-order valence-electron chi connectivity index (χ0n) is 16.8. The predicted molar refractivity (Wildman–Crippen MR) is 109 cm³/mol. The van der Waals surface area contributed by atoms with Crippen LogP contribution in [0.2, 0.25) is 0 Å². The lowest BCUT2D eigenvalue weighted by Crippen LogP contribution is -2.36. The van der Waals surface area contributed by atoms with Crippen molar-refractivity contribution < 1.29 is 17.9 Å². The average Bonchev–Trinajstić information content (AvgIpc) is 2.73. The van der Waals surface area contributed by atoms with Gasteiger partial charge in [-0.2, -0.15) is 4.31 Å². The highest BCUT2D eigenvalue weighted by Crippen LogP contribution is 2.27. The van der Waals surface area contributed by atoms with Crippen LogP contribution in [0.1, 0.15) is 63.4 Å². The van der Waals surface area contributed by atoms with Gasteiger partial charge >= 0.3 is 0 Å². The van der Waals surface area contributed by atoms with Gasteiger partial charge in [0.15, 0.2) is 0 Å². The molecule has 1 aromatic carbocycles. The second kappa shape index (κ2) is 9.74. The fourth-order valence-corrected chi connectivity index (χ4v) is 5.73. The van der Waals surface area contributed by atoms with E-state index in [1.807, 2.05) is 0 Å². The van der Waals surface area contributed by atoms with Gasteiger partial charge in [-0.25, -0.2) is 8.42 Å². The molecule has 0 aromatic heterocycles. The normalized spacial score (nSPS) is 19.3. The summed E-state index contributed by atoms with van der Waals surface area (Å²) in [6.07, 6.45) is 9.40. The minimum atomic E-state index is -3.49. The Bertz CT molecular complexity index is 767. The fraction of sp³-hybridized carbons (Fsp3) is 0.667. The Hall–Kier alpha value is -1.60. The van der Waals surface area contributed by atoms with Gasteiger partial charge in [0.1, 0.15) is 5.75 Å². The Labute approximate surface area is 168 Å². The summed E-state index contributed by atoms with van der Waals surface area (Å²) < 4.78 is 32.9. The number of nitrogens with zero attached hydrogens (tertiary/aromatic N) is 1. The molecule has 1 saturated heterocycles. The number of piperidine rings is 1. The molecule has 1 heterocycles. The third-order valence-corrected chi connectivity index (χ3v) is 7.69. The van der Waals surface area contributed by atoms with Crippen LogP contribution >= 0.6 is 0 Å². The third-order valence-electron chi connectivity index (χ3n) is 5.80. The molecule has 1 aromatic rings. The molecule has 156 valence electrons. The summed E-state index contributed by atoms with van der Waals surface area (Å²) in [6.45, 7) is 1.15. The first-order valence-corrected chi connectivity index (χ1v) is 11.9. The van der Waals surface area contributed by atoms with Crippen molar-refractivity contribution in [3.63, 3.8) is 0 Å². The number of amides is 1. The number of sulfonamides is 1. The fourth-order valence-electron chi connectivity index (χ4n) is 4.16. The van der Waals surface area contributed by atoms with Gasteiger partial charge < -0.3 is 10.1 Å². The van der Waals surface area contributed by atoms with Gasteiger partial charge in [0.2, 0.25) is 15.9 Å². The van der Waals surface area contributed by atoms with Crippen LogP contribution in [0.15, 0.2) is 23.1 Å². The zero-order chi connectivity index (χ0) is 20.0. The first-order valence-electron chi connectivity index (χ1n) is 10.5. The second-order valence-corrected chi connectivity index (χ2v) is 9.78. The van der Waals surface area contributed by atoms with Crippen LogP contribution in [-0.2, 0) is 21.2 Å². The second-order valence-electron chi connectivity index (χ2n) is 7.84. The standard InChI is InChI=1S/C21H32N2O4S/c1-27-20-12-11-19(28(25,26)23-14-6-3-7-15-23)16-17(20)10-13-21(24)22-18-8-4-2-5-9-18/h11-12,16,18H,2-10,13-15H2,1H3,(H,22,24). The first kappa shape index (κ1) is 21.1. The third kappa shape index (κ3) is 5.26. The van der Waals surface area contributed by atoms with E-state index in [0.29, 0.717) is 31.7 Å². The summed E-state index contributed by atoms with van der Waals surface area (Å²) in [6, 6.07) is 5.27. The molecule has 3 rings (SSSR count). The summed E-state index contributed by atoms with van der Waals surface area (Å²) in [5.74, 6) is 0.654. The van der Waals surface area contributed by atoms with Crippen LogP contribution in [0.3, 0.4) is 0 Å². The zero-order valence-corrected chi connectivity index (χ0v) is 17.6. The number of carbonyl (C=O) groups excluding carboxylic acids is 1. The summed E-state index contributed by atoms with van der Waals surface area (Å²) in [5, 5.41) is 3.12. The number of ether oxygens (including phenoxy) is 1. The molecule has 1 aliphatic heterocycles. The highest BCUT2D eigenvalue weighted by molar-refractivity contribution is 7.89. The molecule has 0 spiro atoms. The highest BCUT2D eigenvalue weighted by atomic mass is 32.2. The Morgan fingerprint density at radius 2 is 1.79 bits per heavy atom. The number of benzene rings is 1. The molecule has 0 atom stereocenters. The molecular weight excluding hydrogens is 376 g/mol. The molecule has 28 heavy (non-hydrogen) atoms. The largest absolute Gasteiger partial charge is 0.496 e. The first-order chi connectivity index (χ1) is 13.5. The smallest absolute Gasteiger partial charge is 0.243 e. The van der Waals surface area contributed by atoms with Crippen molar-refractivity contribution in [1.82, 2.24) is 9.62 Å². The van der Waals surface area contributed by atoms with E-state index in [2.05, 4.69) is 5.32 Å². The lowest BCUT2D eigenvalue weighted by molar-refractivity contribution is -0.121. The maximum Gasteiger partial charge on any atom is 0.243 e. The van der Waals surface area contributed by atoms with Crippen LogP contribution in [0.5, 0.6) is 5.75 Å². The number of rotatable bonds is 7. The molecule has 1 N–H and O–H groups in total. The summed E-state index contributed by atoms with van der Waals surface area (Å²) in [5.41, 5.74) is 0.763. The molecule has 1 saturated carbocycles. The van der Waals surface area contributed by atoms with Gasteiger partial charge in [-0.1, -0.05) is 25.7 Å². The summed E-state index contributed by atoms with van der Waals surface area (Å²) in [4.78, 5) is 12.6. The Morgan fingerprint density at radius 1 is 1.11 bits per heavy atom. The van der Waals surface area contributed by atoms with Crippen LogP contribution in [0.4, 0.5) is 0 Å². The van der Waals surface area contributed by atoms with Crippen molar-refractivity contribution >= 4 is 15.9 Å². The van der Waals surface area contributed by atoms with Gasteiger partial charge in [0.05, 0.1) is 12.0 Å². The van der Waals surface area contributed by atoms with Crippen LogP contribution in [0, 0.1) is 0 Å². The topological polar surface area (TPSA) is 75.7 Å². The van der Waals surface area contributed by atoms with Gasteiger partial charge in [-0.15, -0.1) is 0 Å². The monoisotopic (exact) mass is 408 g/mol. The molecule has 0 unspecified atom stereocenters. The lowest BCUT2D eigenvalue weighted by Gasteiger charge is -2.26. The van der Waals surface area contributed by atoms with Crippen molar-refractivity contribution in [1.29, 1.82) is 0 Å². The minimum absolute atomic E-state index is 0.0262. The number of aryl methyl sites for hydroxylation is 1. The van der Waals surface area contributed by atoms with E-state index in [9.17, 15) is 13.2 Å². The molecule has 0 bridgehead atoms. The van der Waals surface area contributed by atoms with Crippen molar-refractivity contribution in [3.05, 3.63) is 23.8 Å². The average molecular weight is 409 g/mol. The van der Waals surface area contributed by atoms with Crippen LogP contribution in [0.25, 0.3) is 0 Å². The van der Waals surface area contributed by atoms with Crippen molar-refractivity contribution in [2.75, 3.05) is 20.2 Å². The molecule has 6 nitrogen and oxygen atoms in total. The maximum atomic E-state index is 12.9. The Kier molecular flexibility index (Phi) is 7.35. The molecule has 2 fully saturated rings. The van der Waals surface area contributed by atoms with E-state index in [1.165, 1.54) is 19.3 Å². The van der Waals surface area contributed by atoms with Crippen molar-refractivity contribution in [2.45, 2.75) is 75.1 Å². The van der Waals surface area contributed by atoms with E-state index in [-0.39, 0.29) is 16.8 Å². The van der Waals surface area contributed by atoms with Gasteiger partial charge in [-0.05, 0) is 55.9 Å². The van der Waals surface area contributed by atoms with Gasteiger partial charge in [-0.3, -0.25) is 4.79 Å². The number of hydrogen-bond acceptors (Lipinski definition) is 4. The molecule has 2 aliphatic rings. The van der Waals surface area contributed by atoms with E-state index in [0.717, 1.165) is 37.7 Å². The number of methoxy groups -OCH3 is 1. The molecule has 7 heteroatoms. The summed E-state index contributed by atoms with van der Waals surface area (Å²) >= 11 is 0. The van der Waals surface area contributed by atoms with E-state index < -0.39 is 10.0 Å². The molecule has 0 radical (unpaired) electrons. The van der Waals surface area contributed by atoms with E-state index >= 15 is 0 Å². The minimum Gasteiger partial charge on any atom is -0.496 e. The molecular formula is C21H32N2O4S. The van der Waals surface area contributed by atoms with Crippen molar-refractivity contribution in [3.8, 4) is 5.75 Å². The number of carbonyl (C=O) groups is 1. The Morgan fingerprint density at radius 3 is 2.46 bits per heavy atom. The van der Waals surface area contributed by atoms with Crippen LogP contribution < -0.4 is 10.1 Å². The number of nitrogens with one attached hydrogen (secondary N) is 1. The maximum absolute atomic E-state index is 12.9. The molecule has 1 amide bonds. The lowest BCUT2D eigenvalue weighted by atomic mass is 9.95. The summed E-state index contributed by atoms with van der Waals surface area (Å²) in [7, 11) is -1.92. The van der Waals surface area contributed by atoms with Gasteiger partial charge in [0, 0.05) is 25.6 Å². The van der Waals surface area contributed by atoms with E-state index in [1.54, 1.807) is 29.6 Å². The van der Waals surface area contributed by atoms with Crippen LogP contribution in [-0.4, -0.2) is 44.9 Å². The Balaban J connectivity index is 1.67. The molecule has 1 aliphatic carbocycles. The van der Waals surface area contributed by atoms with E-state index in [4.69, 9.17) is 4.74 Å². The SMILES string of the molecule is COc1ccc(S(=O)(=O)N2CCCCC2)cc1CCC(=O)NC1CCCCC1. The van der Waals surface area contributed by atoms with Crippen molar-refractivity contribution in [2.24, 2.45) is 0 Å². The van der Waals surface area contributed by atoms with Gasteiger partial charge in [0.25, 0.3) is 0 Å². The predicted octanol–water partition coefficient (Wildman–Crippen LogP) is 3.25.